The first-order valence-electron chi connectivity index (χ1n) is 6.71. The number of aromatic nitrogens is 1. The molecule has 1 aromatic rings. The molecule has 1 heterocycles. The van der Waals surface area contributed by atoms with Crippen molar-refractivity contribution in [3.05, 3.63) is 23.9 Å². The predicted molar refractivity (Wildman–Crippen MR) is 72.6 cm³/mol. The lowest BCUT2D eigenvalue weighted by Gasteiger charge is -2.27. The molecule has 0 unspecified atom stereocenters. The largest absolute Gasteiger partial charge is 0.481 e. The molecule has 3 N–H and O–H groups in total. The van der Waals surface area contributed by atoms with Crippen molar-refractivity contribution in [2.24, 2.45) is 11.7 Å². The second-order valence-electron chi connectivity index (χ2n) is 5.00. The van der Waals surface area contributed by atoms with Crippen molar-refractivity contribution in [3.63, 3.8) is 0 Å². The summed E-state index contributed by atoms with van der Waals surface area (Å²) in [5.41, 5.74) is 6.30. The molecular weight excluding hydrogens is 242 g/mol. The summed E-state index contributed by atoms with van der Waals surface area (Å²) in [5, 5.41) is 3.48. The molecule has 0 saturated heterocycles. The first-order valence-corrected chi connectivity index (χ1v) is 6.71. The fourth-order valence-corrected chi connectivity index (χ4v) is 2.50. The van der Waals surface area contributed by atoms with E-state index in [0.29, 0.717) is 11.9 Å². The third kappa shape index (κ3) is 3.92. The molecule has 0 aromatic carbocycles. The fraction of sp³-hybridized carbons (Fsp3) is 0.571. The van der Waals surface area contributed by atoms with Gasteiger partial charge in [-0.15, -0.1) is 0 Å². The molecule has 2 rings (SSSR count). The number of hydrogen-bond acceptors (Lipinski definition) is 4. The second kappa shape index (κ2) is 6.52. The van der Waals surface area contributed by atoms with Gasteiger partial charge >= 0.3 is 0 Å². The van der Waals surface area contributed by atoms with E-state index in [1.54, 1.807) is 7.11 Å². The molecule has 5 heteroatoms. The Bertz CT molecular complexity index is 428. The minimum absolute atomic E-state index is 0.0630. The Morgan fingerprint density at radius 2 is 2.16 bits per heavy atom. The average Bonchev–Trinajstić information content (AvgIpc) is 2.46. The Balaban J connectivity index is 1.78. The number of hydrogen-bond donors (Lipinski definition) is 2. The lowest BCUT2D eigenvalue weighted by atomic mass is 9.85. The Morgan fingerprint density at radius 3 is 2.79 bits per heavy atom. The van der Waals surface area contributed by atoms with Crippen LogP contribution in [0.4, 0.5) is 0 Å². The van der Waals surface area contributed by atoms with Gasteiger partial charge in [0.1, 0.15) is 0 Å². The van der Waals surface area contributed by atoms with Crippen LogP contribution in [0.3, 0.4) is 0 Å². The molecule has 1 amide bonds. The van der Waals surface area contributed by atoms with Gasteiger partial charge in [0.25, 0.3) is 0 Å². The molecule has 0 radical (unpaired) electrons. The molecule has 19 heavy (non-hydrogen) atoms. The van der Waals surface area contributed by atoms with Crippen LogP contribution < -0.4 is 15.8 Å². The zero-order chi connectivity index (χ0) is 13.7. The molecule has 0 bridgehead atoms. The van der Waals surface area contributed by atoms with Gasteiger partial charge in [0.2, 0.25) is 11.8 Å². The monoisotopic (exact) mass is 263 g/mol. The van der Waals surface area contributed by atoms with Crippen LogP contribution in [0.1, 0.15) is 31.4 Å². The summed E-state index contributed by atoms with van der Waals surface area (Å²) >= 11 is 0. The Kier molecular flexibility index (Phi) is 4.74. The number of carbonyl (C=O) groups is 1. The van der Waals surface area contributed by atoms with Crippen molar-refractivity contribution >= 4 is 5.91 Å². The van der Waals surface area contributed by atoms with Crippen LogP contribution in [0.2, 0.25) is 0 Å². The smallest absolute Gasteiger partial charge is 0.220 e. The van der Waals surface area contributed by atoms with Gasteiger partial charge in [-0.25, -0.2) is 4.98 Å². The summed E-state index contributed by atoms with van der Waals surface area (Å²) in [6, 6.07) is 6.20. The molecule has 0 aliphatic heterocycles. The number of carbonyl (C=O) groups excluding carboxylic acids is 1. The van der Waals surface area contributed by atoms with Crippen LogP contribution in [0, 0.1) is 5.92 Å². The Labute approximate surface area is 113 Å². The van der Waals surface area contributed by atoms with Gasteiger partial charge in [0.15, 0.2) is 0 Å². The standard InChI is InChI=1S/C14H21N3O2/c1-19-13-4-2-3-12(17-13)9-16-11-7-5-10(6-8-11)14(15)18/h2-4,10-11,16H,5-9H2,1H3,(H2,15,18). The number of methoxy groups -OCH3 is 1. The van der Waals surface area contributed by atoms with E-state index in [4.69, 9.17) is 10.5 Å². The van der Waals surface area contributed by atoms with Crippen LogP contribution >= 0.6 is 0 Å². The number of primary amides is 1. The van der Waals surface area contributed by atoms with E-state index in [-0.39, 0.29) is 11.8 Å². The van der Waals surface area contributed by atoms with Crippen LogP contribution in [-0.2, 0) is 11.3 Å². The molecule has 5 nitrogen and oxygen atoms in total. The minimum Gasteiger partial charge on any atom is -0.481 e. The molecule has 1 aromatic heterocycles. The van der Waals surface area contributed by atoms with Crippen molar-refractivity contribution in [1.82, 2.24) is 10.3 Å². The zero-order valence-corrected chi connectivity index (χ0v) is 11.3. The van der Waals surface area contributed by atoms with E-state index in [2.05, 4.69) is 10.3 Å². The van der Waals surface area contributed by atoms with Crippen molar-refractivity contribution < 1.29 is 9.53 Å². The molecule has 1 saturated carbocycles. The lowest BCUT2D eigenvalue weighted by Crippen LogP contribution is -2.36. The minimum atomic E-state index is -0.159. The summed E-state index contributed by atoms with van der Waals surface area (Å²) in [6.45, 7) is 0.725. The second-order valence-corrected chi connectivity index (χ2v) is 5.00. The SMILES string of the molecule is COc1cccc(CNC2CCC(C(N)=O)CC2)n1. The first-order chi connectivity index (χ1) is 9.19. The number of rotatable bonds is 5. The van der Waals surface area contributed by atoms with Crippen LogP contribution in [0.5, 0.6) is 5.88 Å². The molecule has 104 valence electrons. The highest BCUT2D eigenvalue weighted by Gasteiger charge is 2.24. The molecule has 1 aliphatic carbocycles. The molecular formula is C14H21N3O2. The third-order valence-corrected chi connectivity index (χ3v) is 3.69. The predicted octanol–water partition coefficient (Wildman–Crippen LogP) is 1.22. The molecule has 0 atom stereocenters. The fourth-order valence-electron chi connectivity index (χ4n) is 2.50. The van der Waals surface area contributed by atoms with Gasteiger partial charge < -0.3 is 15.8 Å². The van der Waals surface area contributed by atoms with Crippen LogP contribution in [0.15, 0.2) is 18.2 Å². The van der Waals surface area contributed by atoms with Gasteiger partial charge in [-0.05, 0) is 31.7 Å². The Morgan fingerprint density at radius 1 is 1.42 bits per heavy atom. The summed E-state index contributed by atoms with van der Waals surface area (Å²) < 4.78 is 5.10. The molecule has 1 aliphatic rings. The normalized spacial score (nSPS) is 23.0. The highest BCUT2D eigenvalue weighted by Crippen LogP contribution is 2.24. The van der Waals surface area contributed by atoms with Crippen LogP contribution in [0.25, 0.3) is 0 Å². The zero-order valence-electron chi connectivity index (χ0n) is 11.3. The summed E-state index contributed by atoms with van der Waals surface area (Å²) in [4.78, 5) is 15.4. The van der Waals surface area contributed by atoms with Crippen molar-refractivity contribution in [1.29, 1.82) is 0 Å². The van der Waals surface area contributed by atoms with Gasteiger partial charge in [-0.3, -0.25) is 4.79 Å². The van der Waals surface area contributed by atoms with E-state index in [9.17, 15) is 4.79 Å². The Hall–Kier alpha value is -1.62. The number of nitrogens with zero attached hydrogens (tertiary/aromatic N) is 1. The maximum absolute atomic E-state index is 11.1. The van der Waals surface area contributed by atoms with Crippen LogP contribution in [-0.4, -0.2) is 24.0 Å². The maximum atomic E-state index is 11.1. The topological polar surface area (TPSA) is 77.2 Å². The van der Waals surface area contributed by atoms with E-state index >= 15 is 0 Å². The highest BCUT2D eigenvalue weighted by molar-refractivity contribution is 5.76. The van der Waals surface area contributed by atoms with Crippen molar-refractivity contribution in [2.75, 3.05) is 7.11 Å². The van der Waals surface area contributed by atoms with E-state index in [0.717, 1.165) is 37.9 Å². The number of amides is 1. The van der Waals surface area contributed by atoms with Gasteiger partial charge in [0, 0.05) is 24.6 Å². The van der Waals surface area contributed by atoms with E-state index in [1.807, 2.05) is 18.2 Å². The first kappa shape index (κ1) is 13.8. The number of nitrogens with two attached hydrogens (primary N) is 1. The molecule has 1 fully saturated rings. The average molecular weight is 263 g/mol. The lowest BCUT2D eigenvalue weighted by molar-refractivity contribution is -0.122. The van der Waals surface area contributed by atoms with Gasteiger partial charge in [-0.1, -0.05) is 6.07 Å². The highest BCUT2D eigenvalue weighted by atomic mass is 16.5. The quantitative estimate of drug-likeness (QED) is 0.837. The van der Waals surface area contributed by atoms with E-state index < -0.39 is 0 Å². The van der Waals surface area contributed by atoms with E-state index in [1.165, 1.54) is 0 Å². The molecule has 0 spiro atoms. The number of nitrogens with one attached hydrogen (secondary N) is 1. The van der Waals surface area contributed by atoms with Crippen molar-refractivity contribution in [2.45, 2.75) is 38.3 Å². The van der Waals surface area contributed by atoms with Crippen molar-refractivity contribution in [3.8, 4) is 5.88 Å². The van der Waals surface area contributed by atoms with Gasteiger partial charge in [-0.2, -0.15) is 0 Å². The maximum Gasteiger partial charge on any atom is 0.220 e. The summed E-state index contributed by atoms with van der Waals surface area (Å²) in [6.07, 6.45) is 3.77. The van der Waals surface area contributed by atoms with Gasteiger partial charge in [0.05, 0.1) is 12.8 Å². The summed E-state index contributed by atoms with van der Waals surface area (Å²) in [5.74, 6) is 0.539. The number of pyridine rings is 1. The number of ether oxygens (including phenoxy) is 1. The summed E-state index contributed by atoms with van der Waals surface area (Å²) in [7, 11) is 1.62. The third-order valence-electron chi connectivity index (χ3n) is 3.69.